The lowest BCUT2D eigenvalue weighted by molar-refractivity contribution is 1.15. The SMILES string of the molecule is c1ccc2sc(-c3nc4ccccc4c4nc5ccccc5n34)nc2c1. The van der Waals surface area contributed by atoms with Gasteiger partial charge in [0, 0.05) is 5.39 Å². The molecule has 0 saturated carbocycles. The van der Waals surface area contributed by atoms with E-state index in [-0.39, 0.29) is 0 Å². The van der Waals surface area contributed by atoms with Crippen molar-refractivity contribution in [3.8, 4) is 10.8 Å². The molecular formula is C21H12N4S. The highest BCUT2D eigenvalue weighted by atomic mass is 32.1. The number of imidazole rings is 1. The fourth-order valence-corrected chi connectivity index (χ4v) is 4.40. The number of aromatic nitrogens is 4. The second-order valence-corrected chi connectivity index (χ2v) is 7.23. The molecule has 0 radical (unpaired) electrons. The lowest BCUT2D eigenvalue weighted by Gasteiger charge is -2.06. The number of thiazole rings is 1. The van der Waals surface area contributed by atoms with Crippen LogP contribution in [0.4, 0.5) is 0 Å². The van der Waals surface area contributed by atoms with Crippen LogP contribution in [0.25, 0.3) is 48.6 Å². The van der Waals surface area contributed by atoms with Gasteiger partial charge in [-0.05, 0) is 36.4 Å². The molecule has 3 heterocycles. The smallest absolute Gasteiger partial charge is 0.176 e. The first-order valence-electron chi connectivity index (χ1n) is 8.40. The summed E-state index contributed by atoms with van der Waals surface area (Å²) in [4.78, 5) is 14.7. The van der Waals surface area contributed by atoms with E-state index in [1.807, 2.05) is 54.6 Å². The van der Waals surface area contributed by atoms with Gasteiger partial charge in [-0.15, -0.1) is 11.3 Å². The van der Waals surface area contributed by atoms with Gasteiger partial charge >= 0.3 is 0 Å². The standard InChI is InChI=1S/C21H12N4S/c1-2-8-14-13(7-1)19-23-15-9-3-5-11-17(15)25(19)20(22-14)21-24-16-10-4-6-12-18(16)26-21/h1-12H. The van der Waals surface area contributed by atoms with Crippen LogP contribution >= 0.6 is 11.3 Å². The largest absolute Gasteiger partial charge is 0.274 e. The predicted molar refractivity (Wildman–Crippen MR) is 107 cm³/mol. The van der Waals surface area contributed by atoms with E-state index < -0.39 is 0 Å². The molecule has 6 aromatic rings. The molecule has 3 aromatic heterocycles. The third-order valence-corrected chi connectivity index (χ3v) is 5.66. The summed E-state index contributed by atoms with van der Waals surface area (Å²) in [5.41, 5.74) is 4.87. The maximum absolute atomic E-state index is 4.96. The molecular weight excluding hydrogens is 340 g/mol. The van der Waals surface area contributed by atoms with Gasteiger partial charge in [-0.2, -0.15) is 0 Å². The Balaban J connectivity index is 1.83. The minimum absolute atomic E-state index is 0.841. The fourth-order valence-electron chi connectivity index (χ4n) is 3.46. The van der Waals surface area contributed by atoms with E-state index in [0.29, 0.717) is 0 Å². The summed E-state index contributed by atoms with van der Waals surface area (Å²) in [5, 5.41) is 1.96. The summed E-state index contributed by atoms with van der Waals surface area (Å²) in [6.45, 7) is 0. The van der Waals surface area contributed by atoms with Crippen molar-refractivity contribution < 1.29 is 0 Å². The molecule has 26 heavy (non-hydrogen) atoms. The first kappa shape index (κ1) is 13.9. The van der Waals surface area contributed by atoms with Crippen LogP contribution in [0.2, 0.25) is 0 Å². The highest BCUT2D eigenvalue weighted by molar-refractivity contribution is 7.21. The van der Waals surface area contributed by atoms with Crippen molar-refractivity contribution in [2.75, 3.05) is 0 Å². The number of nitrogens with zero attached hydrogens (tertiary/aromatic N) is 4. The third kappa shape index (κ3) is 1.86. The van der Waals surface area contributed by atoms with Gasteiger partial charge in [-0.1, -0.05) is 36.4 Å². The van der Waals surface area contributed by atoms with Gasteiger partial charge in [-0.25, -0.2) is 15.0 Å². The van der Waals surface area contributed by atoms with Crippen LogP contribution in [-0.4, -0.2) is 19.4 Å². The monoisotopic (exact) mass is 352 g/mol. The van der Waals surface area contributed by atoms with Gasteiger partial charge in [0.15, 0.2) is 10.8 Å². The molecule has 0 N–H and O–H groups in total. The molecule has 0 aliphatic carbocycles. The first-order chi connectivity index (χ1) is 12.9. The fraction of sp³-hybridized carbons (Fsp3) is 0. The van der Waals surface area contributed by atoms with Crippen molar-refractivity contribution in [3.63, 3.8) is 0 Å². The molecule has 0 unspecified atom stereocenters. The highest BCUT2D eigenvalue weighted by Crippen LogP contribution is 2.33. The van der Waals surface area contributed by atoms with Gasteiger partial charge in [-0.3, -0.25) is 4.40 Å². The Kier molecular flexibility index (Phi) is 2.73. The summed E-state index contributed by atoms with van der Waals surface area (Å²) >= 11 is 1.66. The maximum Gasteiger partial charge on any atom is 0.176 e. The van der Waals surface area contributed by atoms with E-state index in [4.69, 9.17) is 15.0 Å². The zero-order valence-electron chi connectivity index (χ0n) is 13.6. The molecule has 0 saturated heterocycles. The summed E-state index contributed by atoms with van der Waals surface area (Å²) in [6.07, 6.45) is 0. The van der Waals surface area contributed by atoms with Gasteiger partial charge in [0.2, 0.25) is 0 Å². The minimum atomic E-state index is 0.841. The third-order valence-electron chi connectivity index (χ3n) is 4.63. The summed E-state index contributed by atoms with van der Waals surface area (Å²) < 4.78 is 3.30. The average molecular weight is 352 g/mol. The number of benzene rings is 3. The number of rotatable bonds is 1. The average Bonchev–Trinajstić information content (AvgIpc) is 3.29. The molecule has 0 atom stereocenters. The Morgan fingerprint density at radius 1 is 0.654 bits per heavy atom. The van der Waals surface area contributed by atoms with Crippen LogP contribution in [0.15, 0.2) is 72.8 Å². The number of fused-ring (bicyclic) bond motifs is 6. The highest BCUT2D eigenvalue weighted by Gasteiger charge is 2.17. The Morgan fingerprint density at radius 3 is 2.27 bits per heavy atom. The first-order valence-corrected chi connectivity index (χ1v) is 9.22. The van der Waals surface area contributed by atoms with E-state index in [0.717, 1.165) is 48.6 Å². The zero-order valence-corrected chi connectivity index (χ0v) is 14.4. The molecule has 0 aliphatic heterocycles. The van der Waals surface area contributed by atoms with Crippen molar-refractivity contribution in [2.24, 2.45) is 0 Å². The Hall–Kier alpha value is -3.31. The molecule has 4 nitrogen and oxygen atoms in total. The molecule has 0 fully saturated rings. The topological polar surface area (TPSA) is 43.1 Å². The molecule has 5 heteroatoms. The summed E-state index contributed by atoms with van der Waals surface area (Å²) in [7, 11) is 0. The van der Waals surface area contributed by atoms with Crippen LogP contribution in [0.1, 0.15) is 0 Å². The van der Waals surface area contributed by atoms with Crippen LogP contribution in [0.5, 0.6) is 0 Å². The van der Waals surface area contributed by atoms with Crippen molar-refractivity contribution in [1.82, 2.24) is 19.4 Å². The quantitative estimate of drug-likeness (QED) is 0.403. The number of para-hydroxylation sites is 4. The van der Waals surface area contributed by atoms with Gasteiger partial charge in [0.05, 0.1) is 26.8 Å². The van der Waals surface area contributed by atoms with E-state index in [1.54, 1.807) is 11.3 Å². The molecule has 3 aromatic carbocycles. The van der Waals surface area contributed by atoms with Gasteiger partial charge < -0.3 is 0 Å². The molecule has 0 aliphatic rings. The van der Waals surface area contributed by atoms with Crippen LogP contribution < -0.4 is 0 Å². The summed E-state index contributed by atoms with van der Waals surface area (Å²) in [5.74, 6) is 0.841. The molecule has 122 valence electrons. The van der Waals surface area contributed by atoms with Crippen molar-refractivity contribution >= 4 is 49.1 Å². The summed E-state index contributed by atoms with van der Waals surface area (Å²) in [6, 6.07) is 24.5. The minimum Gasteiger partial charge on any atom is -0.274 e. The maximum atomic E-state index is 4.96. The second-order valence-electron chi connectivity index (χ2n) is 6.20. The number of hydrogen-bond acceptors (Lipinski definition) is 4. The predicted octanol–water partition coefficient (Wildman–Crippen LogP) is 5.31. The van der Waals surface area contributed by atoms with Crippen molar-refractivity contribution in [3.05, 3.63) is 72.8 Å². The zero-order chi connectivity index (χ0) is 17.1. The normalized spacial score (nSPS) is 11.8. The van der Waals surface area contributed by atoms with Crippen LogP contribution in [-0.2, 0) is 0 Å². The van der Waals surface area contributed by atoms with Crippen molar-refractivity contribution in [1.29, 1.82) is 0 Å². The Morgan fingerprint density at radius 2 is 1.38 bits per heavy atom. The Bertz CT molecular complexity index is 1410. The molecule has 0 spiro atoms. The molecule has 6 rings (SSSR count). The van der Waals surface area contributed by atoms with E-state index >= 15 is 0 Å². The van der Waals surface area contributed by atoms with Gasteiger partial charge in [0.1, 0.15) is 5.65 Å². The number of hydrogen-bond donors (Lipinski definition) is 0. The lowest BCUT2D eigenvalue weighted by atomic mass is 10.2. The second kappa shape index (κ2) is 5.09. The Labute approximate surface area is 152 Å². The molecule has 0 bridgehead atoms. The molecule has 0 amide bonds. The van der Waals surface area contributed by atoms with E-state index in [9.17, 15) is 0 Å². The van der Waals surface area contributed by atoms with E-state index in [2.05, 4.69) is 22.6 Å². The van der Waals surface area contributed by atoms with Crippen LogP contribution in [0.3, 0.4) is 0 Å². The van der Waals surface area contributed by atoms with E-state index in [1.165, 1.54) is 0 Å². The van der Waals surface area contributed by atoms with Crippen molar-refractivity contribution in [2.45, 2.75) is 0 Å². The lowest BCUT2D eigenvalue weighted by Crippen LogP contribution is -1.97. The van der Waals surface area contributed by atoms with Gasteiger partial charge in [0.25, 0.3) is 0 Å². The van der Waals surface area contributed by atoms with Crippen LogP contribution in [0, 0.1) is 0 Å².